The molecule has 2 aromatic rings. The lowest BCUT2D eigenvalue weighted by atomic mass is 10.4. The molecule has 2 rings (SSSR count). The first-order chi connectivity index (χ1) is 9.70. The molecule has 0 bridgehead atoms. The van der Waals surface area contributed by atoms with E-state index in [0.717, 1.165) is 12.4 Å². The smallest absolute Gasteiger partial charge is 0.317 e. The van der Waals surface area contributed by atoms with E-state index in [1.165, 1.54) is 0 Å². The first-order valence-electron chi connectivity index (χ1n) is 6.80. The summed E-state index contributed by atoms with van der Waals surface area (Å²) < 4.78 is 3.96. The van der Waals surface area contributed by atoms with Crippen LogP contribution in [-0.4, -0.2) is 38.1 Å². The Morgan fingerprint density at radius 2 is 2.10 bits per heavy atom. The van der Waals surface area contributed by atoms with Crippen LogP contribution in [0.4, 0.5) is 4.79 Å². The van der Waals surface area contributed by atoms with Crippen LogP contribution in [0.5, 0.6) is 0 Å². The van der Waals surface area contributed by atoms with Crippen LogP contribution in [0.15, 0.2) is 36.9 Å². The highest BCUT2D eigenvalue weighted by Gasteiger charge is 2.13. The van der Waals surface area contributed by atoms with Crippen LogP contribution in [0.2, 0.25) is 0 Å². The average molecular weight is 275 g/mol. The second kappa shape index (κ2) is 6.79. The van der Waals surface area contributed by atoms with Gasteiger partial charge in [-0.05, 0) is 19.1 Å². The van der Waals surface area contributed by atoms with E-state index >= 15 is 0 Å². The van der Waals surface area contributed by atoms with Gasteiger partial charge in [-0.1, -0.05) is 0 Å². The molecule has 108 valence electrons. The van der Waals surface area contributed by atoms with Crippen LogP contribution in [0.3, 0.4) is 0 Å². The number of nitrogens with one attached hydrogen (secondary N) is 1. The van der Waals surface area contributed by atoms with Gasteiger partial charge in [-0.25, -0.2) is 9.78 Å². The van der Waals surface area contributed by atoms with Gasteiger partial charge in [0.2, 0.25) is 0 Å². The number of aromatic nitrogens is 3. The Balaban J connectivity index is 1.81. The van der Waals surface area contributed by atoms with Crippen LogP contribution < -0.4 is 5.32 Å². The Labute approximate surface area is 119 Å². The topological polar surface area (TPSA) is 55.1 Å². The fourth-order valence-corrected chi connectivity index (χ4v) is 1.97. The first-order valence-corrected chi connectivity index (χ1v) is 6.80. The second-order valence-electron chi connectivity index (χ2n) is 4.62. The molecule has 0 radical (unpaired) electrons. The molecule has 0 aliphatic carbocycles. The highest BCUT2D eigenvalue weighted by molar-refractivity contribution is 5.73. The van der Waals surface area contributed by atoms with Gasteiger partial charge < -0.3 is 19.4 Å². The van der Waals surface area contributed by atoms with Crippen molar-refractivity contribution in [3.63, 3.8) is 0 Å². The lowest BCUT2D eigenvalue weighted by molar-refractivity contribution is 0.196. The standard InChI is InChI=1S/C14H21N5O/c1-3-19(12-13-15-6-10-17(13)2)14(20)16-7-11-18-8-4-5-9-18/h4-6,8-10H,3,7,11-12H2,1-2H3,(H,16,20). The molecule has 0 unspecified atom stereocenters. The predicted molar refractivity (Wildman–Crippen MR) is 77.1 cm³/mol. The third kappa shape index (κ3) is 3.63. The van der Waals surface area contributed by atoms with Gasteiger partial charge >= 0.3 is 6.03 Å². The summed E-state index contributed by atoms with van der Waals surface area (Å²) in [6.45, 7) is 4.54. The SMILES string of the molecule is CCN(Cc1nccn1C)C(=O)NCCn1cccc1. The number of nitrogens with zero attached hydrogens (tertiary/aromatic N) is 4. The van der Waals surface area contributed by atoms with E-state index in [1.54, 1.807) is 11.1 Å². The lowest BCUT2D eigenvalue weighted by Crippen LogP contribution is -2.41. The van der Waals surface area contributed by atoms with Gasteiger partial charge in [0.1, 0.15) is 5.82 Å². The third-order valence-electron chi connectivity index (χ3n) is 3.23. The van der Waals surface area contributed by atoms with Gasteiger partial charge in [-0.3, -0.25) is 0 Å². The number of hydrogen-bond acceptors (Lipinski definition) is 2. The predicted octanol–water partition coefficient (Wildman–Crippen LogP) is 1.45. The van der Waals surface area contributed by atoms with Crippen molar-refractivity contribution in [2.24, 2.45) is 7.05 Å². The van der Waals surface area contributed by atoms with E-state index in [1.807, 2.05) is 53.8 Å². The Hall–Kier alpha value is -2.24. The summed E-state index contributed by atoms with van der Waals surface area (Å²) in [4.78, 5) is 18.1. The molecular weight excluding hydrogens is 254 g/mol. The number of carbonyl (C=O) groups excluding carboxylic acids is 1. The molecule has 20 heavy (non-hydrogen) atoms. The molecule has 0 saturated carbocycles. The fraction of sp³-hybridized carbons (Fsp3) is 0.429. The molecule has 0 saturated heterocycles. The van der Waals surface area contributed by atoms with E-state index in [2.05, 4.69) is 10.3 Å². The van der Waals surface area contributed by atoms with Gasteiger partial charge in [-0.2, -0.15) is 0 Å². The van der Waals surface area contributed by atoms with Crippen LogP contribution in [-0.2, 0) is 20.1 Å². The molecule has 0 atom stereocenters. The summed E-state index contributed by atoms with van der Waals surface area (Å²) in [7, 11) is 1.93. The summed E-state index contributed by atoms with van der Waals surface area (Å²) in [6, 6.07) is 3.89. The van der Waals surface area contributed by atoms with Crippen molar-refractivity contribution in [1.29, 1.82) is 0 Å². The van der Waals surface area contributed by atoms with E-state index in [4.69, 9.17) is 0 Å². The van der Waals surface area contributed by atoms with Gasteiger partial charge in [0.15, 0.2) is 0 Å². The Kier molecular flexibility index (Phi) is 4.81. The number of aryl methyl sites for hydroxylation is 1. The van der Waals surface area contributed by atoms with Crippen molar-refractivity contribution in [3.05, 3.63) is 42.7 Å². The molecule has 0 spiro atoms. The molecule has 6 nitrogen and oxygen atoms in total. The largest absolute Gasteiger partial charge is 0.353 e. The quantitative estimate of drug-likeness (QED) is 0.867. The minimum absolute atomic E-state index is 0.0531. The molecule has 2 heterocycles. The van der Waals surface area contributed by atoms with Crippen molar-refractivity contribution in [2.45, 2.75) is 20.0 Å². The number of urea groups is 1. The highest BCUT2D eigenvalue weighted by Crippen LogP contribution is 2.01. The van der Waals surface area contributed by atoms with Crippen LogP contribution >= 0.6 is 0 Å². The zero-order valence-corrected chi connectivity index (χ0v) is 12.0. The summed E-state index contributed by atoms with van der Waals surface area (Å²) in [5.41, 5.74) is 0. The molecule has 2 aromatic heterocycles. The van der Waals surface area contributed by atoms with E-state index in [0.29, 0.717) is 19.6 Å². The Morgan fingerprint density at radius 1 is 1.35 bits per heavy atom. The van der Waals surface area contributed by atoms with E-state index < -0.39 is 0 Å². The Morgan fingerprint density at radius 3 is 2.70 bits per heavy atom. The molecular formula is C14H21N5O. The minimum atomic E-state index is -0.0531. The number of carbonyl (C=O) groups is 1. The van der Waals surface area contributed by atoms with Gasteiger partial charge in [-0.15, -0.1) is 0 Å². The van der Waals surface area contributed by atoms with Gasteiger partial charge in [0.25, 0.3) is 0 Å². The lowest BCUT2D eigenvalue weighted by Gasteiger charge is -2.21. The minimum Gasteiger partial charge on any atom is -0.353 e. The summed E-state index contributed by atoms with van der Waals surface area (Å²) >= 11 is 0. The van der Waals surface area contributed by atoms with Crippen LogP contribution in [0.1, 0.15) is 12.7 Å². The summed E-state index contributed by atoms with van der Waals surface area (Å²) in [5.74, 6) is 0.882. The average Bonchev–Trinajstić information content (AvgIpc) is 3.08. The maximum Gasteiger partial charge on any atom is 0.317 e. The second-order valence-corrected chi connectivity index (χ2v) is 4.62. The van der Waals surface area contributed by atoms with Crippen LogP contribution in [0.25, 0.3) is 0 Å². The van der Waals surface area contributed by atoms with Crippen LogP contribution in [0, 0.1) is 0 Å². The first kappa shape index (κ1) is 14.2. The van der Waals surface area contributed by atoms with Crippen molar-refractivity contribution in [3.8, 4) is 0 Å². The number of amides is 2. The summed E-state index contributed by atoms with van der Waals surface area (Å²) in [6.07, 6.45) is 7.59. The highest BCUT2D eigenvalue weighted by atomic mass is 16.2. The number of imidazole rings is 1. The molecule has 0 fully saturated rings. The summed E-state index contributed by atoms with van der Waals surface area (Å²) in [5, 5.41) is 2.93. The maximum atomic E-state index is 12.1. The molecule has 0 aliphatic rings. The molecule has 1 N–H and O–H groups in total. The van der Waals surface area contributed by atoms with Crippen molar-refractivity contribution in [1.82, 2.24) is 24.3 Å². The fourth-order valence-electron chi connectivity index (χ4n) is 1.97. The normalized spacial score (nSPS) is 10.5. The van der Waals surface area contributed by atoms with Gasteiger partial charge in [0, 0.05) is 51.5 Å². The van der Waals surface area contributed by atoms with Crippen molar-refractivity contribution >= 4 is 6.03 Å². The van der Waals surface area contributed by atoms with Gasteiger partial charge in [0.05, 0.1) is 6.54 Å². The molecule has 0 aromatic carbocycles. The number of hydrogen-bond donors (Lipinski definition) is 1. The monoisotopic (exact) mass is 275 g/mol. The maximum absolute atomic E-state index is 12.1. The zero-order chi connectivity index (χ0) is 14.4. The molecule has 0 aliphatic heterocycles. The molecule has 2 amide bonds. The zero-order valence-electron chi connectivity index (χ0n) is 12.0. The van der Waals surface area contributed by atoms with E-state index in [-0.39, 0.29) is 6.03 Å². The molecule has 6 heteroatoms. The Bertz CT molecular complexity index is 532. The third-order valence-corrected chi connectivity index (χ3v) is 3.23. The van der Waals surface area contributed by atoms with Crippen molar-refractivity contribution in [2.75, 3.05) is 13.1 Å². The van der Waals surface area contributed by atoms with Crippen molar-refractivity contribution < 1.29 is 4.79 Å². The number of rotatable bonds is 6. The van der Waals surface area contributed by atoms with E-state index in [9.17, 15) is 4.79 Å².